The van der Waals surface area contributed by atoms with Crippen LogP contribution in [0.1, 0.15) is 35.6 Å². The van der Waals surface area contributed by atoms with Gasteiger partial charge in [0.25, 0.3) is 0 Å². The van der Waals surface area contributed by atoms with Crippen molar-refractivity contribution in [1.29, 1.82) is 0 Å². The number of carbonyl (C=O) groups is 2. The van der Waals surface area contributed by atoms with Crippen LogP contribution in [0.4, 0.5) is 14.5 Å². The highest BCUT2D eigenvalue weighted by molar-refractivity contribution is 8.02. The Bertz CT molecular complexity index is 1840. The Labute approximate surface area is 289 Å². The summed E-state index contributed by atoms with van der Waals surface area (Å²) >= 11 is 13.8. The molecule has 3 heterocycles. The van der Waals surface area contributed by atoms with Crippen LogP contribution in [0.15, 0.2) is 53.7 Å². The Hall–Kier alpha value is -3.37. The third-order valence-electron chi connectivity index (χ3n) is 8.22. The number of pyridine rings is 1. The molecule has 0 N–H and O–H groups in total. The van der Waals surface area contributed by atoms with Gasteiger partial charge < -0.3 is 24.3 Å². The van der Waals surface area contributed by atoms with E-state index in [9.17, 15) is 32.0 Å². The fraction of sp³-hybridized carbons (Fsp3) is 0.387. The van der Waals surface area contributed by atoms with Crippen molar-refractivity contribution in [2.24, 2.45) is 5.92 Å². The number of hydrogen-bond donors (Lipinski definition) is 0. The number of alkyl halides is 2. The summed E-state index contributed by atoms with van der Waals surface area (Å²) in [6, 6.07) is 8.48. The lowest BCUT2D eigenvalue weighted by Gasteiger charge is -2.26. The highest BCUT2D eigenvalue weighted by atomic mass is 35.5. The molecule has 1 aromatic heterocycles. The first-order chi connectivity index (χ1) is 22.8. The maximum atomic E-state index is 13.8. The number of aromatic nitrogens is 1. The van der Waals surface area contributed by atoms with Crippen molar-refractivity contribution in [2.45, 2.75) is 48.7 Å². The zero-order chi connectivity index (χ0) is 34.3. The molecule has 11 nitrogen and oxygen atoms in total. The molecule has 1 saturated heterocycles. The Balaban J connectivity index is 1.31. The van der Waals surface area contributed by atoms with Gasteiger partial charge in [-0.3, -0.25) is 4.79 Å². The first kappa shape index (κ1) is 34.5. The van der Waals surface area contributed by atoms with Crippen molar-refractivity contribution >= 4 is 62.6 Å². The molecule has 6 rings (SSSR count). The second-order valence-corrected chi connectivity index (χ2v) is 15.4. The molecular formula is C31H29Cl2F2N3O8S2. The number of likely N-dealkylation sites (N-methyl/N-ethyl adjacent to an activating group) is 1. The average Bonchev–Trinajstić information content (AvgIpc) is 3.63. The summed E-state index contributed by atoms with van der Waals surface area (Å²) in [6.45, 7) is -2.83. The summed E-state index contributed by atoms with van der Waals surface area (Å²) in [7, 11) is -2.60. The largest absolute Gasteiger partial charge is 0.619 e. The van der Waals surface area contributed by atoms with Gasteiger partial charge >= 0.3 is 12.6 Å². The molecule has 0 radical (unpaired) electrons. The van der Waals surface area contributed by atoms with E-state index in [1.54, 1.807) is 13.1 Å². The van der Waals surface area contributed by atoms with Crippen molar-refractivity contribution in [3.8, 4) is 11.5 Å². The molecule has 3 aromatic rings. The number of nitrogens with zero attached hydrogens (tertiary/aromatic N) is 3. The number of halogens is 4. The van der Waals surface area contributed by atoms with Gasteiger partial charge in [0, 0.05) is 37.0 Å². The van der Waals surface area contributed by atoms with Crippen LogP contribution in [0.5, 0.6) is 11.5 Å². The van der Waals surface area contributed by atoms with Crippen molar-refractivity contribution in [2.75, 3.05) is 30.9 Å². The molecule has 0 unspecified atom stereocenters. The number of amides is 1. The Morgan fingerprint density at radius 2 is 1.85 bits per heavy atom. The predicted octanol–water partition coefficient (Wildman–Crippen LogP) is 5.13. The number of fused-ring (bicyclic) bond motifs is 1. The number of ether oxygens (including phenoxy) is 3. The summed E-state index contributed by atoms with van der Waals surface area (Å²) < 4.78 is 72.0. The third kappa shape index (κ3) is 7.30. The molecule has 2 fully saturated rings. The van der Waals surface area contributed by atoms with Crippen LogP contribution in [-0.4, -0.2) is 62.5 Å². The maximum Gasteiger partial charge on any atom is 0.387 e. The van der Waals surface area contributed by atoms with E-state index < -0.39 is 34.1 Å². The molecule has 2 atom stereocenters. The lowest BCUT2D eigenvalue weighted by Crippen LogP contribution is -2.40. The van der Waals surface area contributed by atoms with Crippen LogP contribution in [0.2, 0.25) is 10.0 Å². The number of hydrogen-bond acceptors (Lipinski definition) is 9. The lowest BCUT2D eigenvalue weighted by atomic mass is 10.0. The van der Waals surface area contributed by atoms with E-state index in [4.69, 9.17) is 32.7 Å². The minimum absolute atomic E-state index is 0.00332. The molecule has 2 aromatic carbocycles. The van der Waals surface area contributed by atoms with Crippen LogP contribution in [0.3, 0.4) is 0 Å². The second kappa shape index (κ2) is 13.9. The van der Waals surface area contributed by atoms with E-state index in [0.717, 1.165) is 41.3 Å². The molecule has 3 aliphatic rings. The van der Waals surface area contributed by atoms with Gasteiger partial charge in [-0.05, 0) is 60.2 Å². The van der Waals surface area contributed by atoms with E-state index in [-0.39, 0.29) is 69.8 Å². The van der Waals surface area contributed by atoms with E-state index in [1.165, 1.54) is 35.2 Å². The zero-order valence-electron chi connectivity index (χ0n) is 25.3. The van der Waals surface area contributed by atoms with Gasteiger partial charge in [-0.15, -0.1) is 11.8 Å². The quantitative estimate of drug-likeness (QED) is 0.141. The highest BCUT2D eigenvalue weighted by Gasteiger charge is 2.43. The summed E-state index contributed by atoms with van der Waals surface area (Å²) in [5.74, 6) is -0.687. The zero-order valence-corrected chi connectivity index (χ0v) is 28.5. The van der Waals surface area contributed by atoms with Gasteiger partial charge in [-0.2, -0.15) is 17.8 Å². The van der Waals surface area contributed by atoms with Crippen molar-refractivity contribution in [1.82, 2.24) is 4.31 Å². The first-order valence-electron chi connectivity index (χ1n) is 14.8. The van der Waals surface area contributed by atoms with E-state index in [0.29, 0.717) is 27.3 Å². The standard InChI is InChI=1S/C31H29Cl2F2N3O8S2/c1-36-24-6-5-20(10-19(24)12-28(36)39)48(42,43)38-8-9-47-29(38)30(40)45-26(13-21-22(32)14-37(41)15-23(21)33)18-4-7-25(46-31(34)35)27(11-18)44-16-17-2-3-17/h4-7,10-11,14-15,17,26,29,31H,2-3,8-9,12-13,16H2,1H3/t26-,29-/m0/s1. The smallest absolute Gasteiger partial charge is 0.387 e. The van der Waals surface area contributed by atoms with E-state index in [1.807, 2.05) is 0 Å². The average molecular weight is 745 g/mol. The molecule has 1 saturated carbocycles. The summed E-state index contributed by atoms with van der Waals surface area (Å²) in [5.41, 5.74) is 1.73. The van der Waals surface area contributed by atoms with Crippen molar-refractivity contribution < 1.29 is 45.7 Å². The molecule has 0 spiro atoms. The summed E-state index contributed by atoms with van der Waals surface area (Å²) in [6.07, 6.45) is 2.76. The third-order valence-corrected chi connectivity index (χ3v) is 12.0. The number of esters is 1. The van der Waals surface area contributed by atoms with Gasteiger partial charge in [-0.25, -0.2) is 13.2 Å². The fourth-order valence-electron chi connectivity index (χ4n) is 5.49. The Morgan fingerprint density at radius 3 is 2.54 bits per heavy atom. The molecule has 1 aliphatic carbocycles. The predicted molar refractivity (Wildman–Crippen MR) is 173 cm³/mol. The van der Waals surface area contributed by atoms with Crippen LogP contribution in [-0.2, 0) is 37.2 Å². The second-order valence-electron chi connectivity index (χ2n) is 11.5. The topological polar surface area (TPSA) is 129 Å². The summed E-state index contributed by atoms with van der Waals surface area (Å²) in [4.78, 5) is 27.4. The van der Waals surface area contributed by atoms with Gasteiger partial charge in [0.05, 0.1) is 17.9 Å². The van der Waals surface area contributed by atoms with Crippen molar-refractivity contribution in [3.05, 3.63) is 80.7 Å². The molecule has 17 heteroatoms. The normalized spacial score (nSPS) is 18.7. The van der Waals surface area contributed by atoms with Crippen molar-refractivity contribution in [3.63, 3.8) is 0 Å². The van der Waals surface area contributed by atoms with Gasteiger partial charge in [0.2, 0.25) is 15.9 Å². The maximum absolute atomic E-state index is 13.8. The molecule has 0 bridgehead atoms. The summed E-state index contributed by atoms with van der Waals surface area (Å²) in [5, 5.41) is 10.6. The first-order valence-corrected chi connectivity index (χ1v) is 18.1. The molecule has 48 heavy (non-hydrogen) atoms. The van der Waals surface area contributed by atoms with E-state index >= 15 is 0 Å². The molecule has 2 aliphatic heterocycles. The molecule has 1 amide bonds. The van der Waals surface area contributed by atoms with Gasteiger partial charge in [0.1, 0.15) is 16.1 Å². The van der Waals surface area contributed by atoms with Gasteiger partial charge in [0.15, 0.2) is 29.3 Å². The molecular weight excluding hydrogens is 715 g/mol. The van der Waals surface area contributed by atoms with E-state index in [2.05, 4.69) is 4.74 Å². The number of anilines is 1. The minimum Gasteiger partial charge on any atom is -0.619 e. The fourth-order valence-corrected chi connectivity index (χ4v) is 9.19. The van der Waals surface area contributed by atoms with Crippen LogP contribution < -0.4 is 19.1 Å². The Morgan fingerprint density at radius 1 is 1.12 bits per heavy atom. The minimum atomic E-state index is -4.21. The van der Waals surface area contributed by atoms with Crippen LogP contribution in [0, 0.1) is 11.1 Å². The van der Waals surface area contributed by atoms with Gasteiger partial charge in [-0.1, -0.05) is 29.3 Å². The van der Waals surface area contributed by atoms with Crippen LogP contribution in [0.25, 0.3) is 0 Å². The lowest BCUT2D eigenvalue weighted by molar-refractivity contribution is -0.605. The SMILES string of the molecule is CN1C(=O)Cc2cc(S(=O)(=O)N3CCS[C@H]3C(=O)O[C@@H](Cc3c(Cl)c[n+]([O-])cc3Cl)c3ccc(OC(F)F)c(OCC4CC4)c3)ccc21. The number of sulfonamides is 1. The van der Waals surface area contributed by atoms with Crippen LogP contribution >= 0.6 is 35.0 Å². The monoisotopic (exact) mass is 743 g/mol. The number of thioether (sulfide) groups is 1. The molecule has 256 valence electrons. The highest BCUT2D eigenvalue weighted by Crippen LogP contribution is 2.40. The number of benzene rings is 2. The Kier molecular flexibility index (Phi) is 9.96. The number of rotatable bonds is 12. The number of carbonyl (C=O) groups excluding carboxylic acids is 2.